The highest BCUT2D eigenvalue weighted by atomic mass is 32.2. The second-order valence-corrected chi connectivity index (χ2v) is 6.02. The van der Waals surface area contributed by atoms with E-state index in [-0.39, 0.29) is 4.90 Å². The molecule has 0 saturated carbocycles. The zero-order valence-electron chi connectivity index (χ0n) is 9.99. The molecule has 5 nitrogen and oxygen atoms in total. The molecular weight excluding hydrogens is 252 g/mol. The molecule has 6 heteroatoms. The summed E-state index contributed by atoms with van der Waals surface area (Å²) in [6.45, 7) is 0. The Labute approximate surface area is 105 Å². The number of aldehydes is 1. The summed E-state index contributed by atoms with van der Waals surface area (Å²) in [5, 5.41) is 0. The van der Waals surface area contributed by atoms with Crippen LogP contribution in [0.4, 0.5) is 0 Å². The minimum Gasteiger partial charge on any atom is -0.333 e. The monoisotopic (exact) mass is 264 g/mol. The van der Waals surface area contributed by atoms with Crippen molar-refractivity contribution in [3.63, 3.8) is 0 Å². The number of hydrogen-bond donors (Lipinski definition) is 0. The van der Waals surface area contributed by atoms with Gasteiger partial charge in [0.1, 0.15) is 5.69 Å². The van der Waals surface area contributed by atoms with E-state index in [9.17, 15) is 13.2 Å². The molecule has 2 rings (SSSR count). The second kappa shape index (κ2) is 4.38. The number of rotatable bonds is 3. The Hall–Kier alpha value is -1.95. The Morgan fingerprint density at radius 3 is 2.33 bits per heavy atom. The molecule has 0 amide bonds. The van der Waals surface area contributed by atoms with Crippen LogP contribution in [0, 0.1) is 0 Å². The van der Waals surface area contributed by atoms with E-state index in [0.717, 1.165) is 11.8 Å². The van der Waals surface area contributed by atoms with Crippen LogP contribution in [0.2, 0.25) is 0 Å². The van der Waals surface area contributed by atoms with Crippen LogP contribution < -0.4 is 0 Å². The van der Waals surface area contributed by atoms with Gasteiger partial charge >= 0.3 is 0 Å². The number of carbonyl (C=O) groups excluding carboxylic acids is 1. The lowest BCUT2D eigenvalue weighted by atomic mass is 10.1. The molecule has 0 unspecified atom stereocenters. The van der Waals surface area contributed by atoms with Crippen LogP contribution in [-0.2, 0) is 16.9 Å². The van der Waals surface area contributed by atoms with Crippen molar-refractivity contribution in [2.75, 3.05) is 6.26 Å². The van der Waals surface area contributed by atoms with Gasteiger partial charge in [-0.3, -0.25) is 4.79 Å². The Morgan fingerprint density at radius 1 is 1.22 bits per heavy atom. The molecule has 1 heterocycles. The molecule has 0 N–H and O–H groups in total. The van der Waals surface area contributed by atoms with E-state index in [1.807, 2.05) is 0 Å². The SMILES string of the molecule is Cn1cnc(C=O)c1-c1ccc(S(C)(=O)=O)cc1. The van der Waals surface area contributed by atoms with Gasteiger partial charge in [-0.15, -0.1) is 0 Å². The van der Waals surface area contributed by atoms with Gasteiger partial charge in [0.2, 0.25) is 0 Å². The van der Waals surface area contributed by atoms with Gasteiger partial charge in [0.05, 0.1) is 16.9 Å². The first kappa shape index (κ1) is 12.5. The highest BCUT2D eigenvalue weighted by molar-refractivity contribution is 7.90. The number of carbonyl (C=O) groups is 1. The fourth-order valence-corrected chi connectivity index (χ4v) is 2.38. The first-order chi connectivity index (χ1) is 8.43. The molecule has 0 saturated heterocycles. The quantitative estimate of drug-likeness (QED) is 0.784. The van der Waals surface area contributed by atoms with Crippen LogP contribution in [0.15, 0.2) is 35.5 Å². The summed E-state index contributed by atoms with van der Waals surface area (Å²) in [6, 6.07) is 6.37. The largest absolute Gasteiger partial charge is 0.333 e. The van der Waals surface area contributed by atoms with Crippen molar-refractivity contribution in [3.8, 4) is 11.3 Å². The van der Waals surface area contributed by atoms with Crippen molar-refractivity contribution < 1.29 is 13.2 Å². The Morgan fingerprint density at radius 2 is 1.83 bits per heavy atom. The van der Waals surface area contributed by atoms with E-state index >= 15 is 0 Å². The molecule has 2 aromatic rings. The summed E-state index contributed by atoms with van der Waals surface area (Å²) in [5.41, 5.74) is 1.76. The number of sulfone groups is 1. The predicted molar refractivity (Wildman–Crippen MR) is 67.1 cm³/mol. The highest BCUT2D eigenvalue weighted by Crippen LogP contribution is 2.23. The van der Waals surface area contributed by atoms with Gasteiger partial charge in [-0.05, 0) is 12.1 Å². The van der Waals surface area contributed by atoms with Gasteiger partial charge in [0.25, 0.3) is 0 Å². The average Bonchev–Trinajstić information content (AvgIpc) is 2.69. The third-order valence-electron chi connectivity index (χ3n) is 2.63. The van der Waals surface area contributed by atoms with Crippen LogP contribution in [0.3, 0.4) is 0 Å². The second-order valence-electron chi connectivity index (χ2n) is 4.00. The van der Waals surface area contributed by atoms with Gasteiger partial charge in [0, 0.05) is 18.9 Å². The maximum absolute atomic E-state index is 11.3. The first-order valence-corrected chi connectivity index (χ1v) is 7.09. The van der Waals surface area contributed by atoms with E-state index < -0.39 is 9.84 Å². The molecule has 94 valence electrons. The molecule has 0 spiro atoms. The summed E-state index contributed by atoms with van der Waals surface area (Å²) in [5.74, 6) is 0. The van der Waals surface area contributed by atoms with Gasteiger partial charge in [-0.1, -0.05) is 12.1 Å². The third-order valence-corrected chi connectivity index (χ3v) is 3.76. The van der Waals surface area contributed by atoms with Crippen molar-refractivity contribution in [1.82, 2.24) is 9.55 Å². The van der Waals surface area contributed by atoms with Crippen LogP contribution in [0.5, 0.6) is 0 Å². The van der Waals surface area contributed by atoms with E-state index in [4.69, 9.17) is 0 Å². The number of imidazole rings is 1. The van der Waals surface area contributed by atoms with Crippen LogP contribution >= 0.6 is 0 Å². The fourth-order valence-electron chi connectivity index (χ4n) is 1.75. The molecule has 0 atom stereocenters. The Balaban J connectivity index is 2.53. The molecular formula is C12H12N2O3S. The van der Waals surface area contributed by atoms with Gasteiger partial charge < -0.3 is 4.57 Å². The zero-order chi connectivity index (χ0) is 13.3. The molecule has 1 aromatic carbocycles. The molecule has 0 aliphatic heterocycles. The first-order valence-electron chi connectivity index (χ1n) is 5.20. The number of aromatic nitrogens is 2. The molecule has 1 aromatic heterocycles. The normalized spacial score (nSPS) is 11.4. The summed E-state index contributed by atoms with van der Waals surface area (Å²) >= 11 is 0. The molecule has 0 fully saturated rings. The number of benzene rings is 1. The van der Waals surface area contributed by atoms with E-state index in [1.165, 1.54) is 12.1 Å². The third kappa shape index (κ3) is 2.19. The van der Waals surface area contributed by atoms with Crippen molar-refractivity contribution >= 4 is 16.1 Å². The average molecular weight is 264 g/mol. The predicted octanol–water partition coefficient (Wildman–Crippen LogP) is 1.30. The lowest BCUT2D eigenvalue weighted by molar-refractivity contribution is 0.112. The van der Waals surface area contributed by atoms with Crippen molar-refractivity contribution in [1.29, 1.82) is 0 Å². The van der Waals surface area contributed by atoms with E-state index in [2.05, 4.69) is 4.98 Å². The van der Waals surface area contributed by atoms with Crippen molar-refractivity contribution in [2.24, 2.45) is 7.05 Å². The number of aryl methyl sites for hydroxylation is 1. The summed E-state index contributed by atoms with van der Waals surface area (Å²) < 4.78 is 24.4. The maximum atomic E-state index is 11.3. The number of nitrogens with zero attached hydrogens (tertiary/aromatic N) is 2. The van der Waals surface area contributed by atoms with Gasteiger partial charge in [0.15, 0.2) is 16.1 Å². The zero-order valence-corrected chi connectivity index (χ0v) is 10.8. The fraction of sp³-hybridized carbons (Fsp3) is 0.167. The molecule has 18 heavy (non-hydrogen) atoms. The van der Waals surface area contributed by atoms with Crippen molar-refractivity contribution in [2.45, 2.75) is 4.90 Å². The minimum atomic E-state index is -3.21. The summed E-state index contributed by atoms with van der Waals surface area (Å²) in [6.07, 6.45) is 3.38. The van der Waals surface area contributed by atoms with Gasteiger partial charge in [-0.2, -0.15) is 0 Å². The van der Waals surface area contributed by atoms with Crippen LogP contribution in [0.25, 0.3) is 11.3 Å². The standard InChI is InChI=1S/C12H12N2O3S/c1-14-8-13-11(7-15)12(14)9-3-5-10(6-4-9)18(2,16)17/h3-8H,1-2H3. The van der Waals surface area contributed by atoms with Crippen LogP contribution in [-0.4, -0.2) is 30.5 Å². The smallest absolute Gasteiger partial charge is 0.175 e. The van der Waals surface area contributed by atoms with E-state index in [0.29, 0.717) is 17.7 Å². The molecule has 0 aliphatic rings. The molecule has 0 aliphatic carbocycles. The Kier molecular flexibility index (Phi) is 3.04. The molecule has 0 bridgehead atoms. The maximum Gasteiger partial charge on any atom is 0.175 e. The highest BCUT2D eigenvalue weighted by Gasteiger charge is 2.12. The van der Waals surface area contributed by atoms with E-state index in [1.54, 1.807) is 30.1 Å². The molecule has 0 radical (unpaired) electrons. The Bertz CT molecular complexity index is 685. The number of hydrogen-bond acceptors (Lipinski definition) is 4. The van der Waals surface area contributed by atoms with Gasteiger partial charge in [-0.25, -0.2) is 13.4 Å². The summed E-state index contributed by atoms with van der Waals surface area (Å²) in [7, 11) is -1.43. The van der Waals surface area contributed by atoms with Crippen LogP contribution in [0.1, 0.15) is 10.5 Å². The lowest BCUT2D eigenvalue weighted by Gasteiger charge is -2.05. The topological polar surface area (TPSA) is 69.0 Å². The summed E-state index contributed by atoms with van der Waals surface area (Å²) in [4.78, 5) is 15.1. The lowest BCUT2D eigenvalue weighted by Crippen LogP contribution is -1.97. The minimum absolute atomic E-state index is 0.251. The van der Waals surface area contributed by atoms with Crippen molar-refractivity contribution in [3.05, 3.63) is 36.3 Å².